The number of nitrogens with two attached hydrogens (primary N) is 1. The Morgan fingerprint density at radius 1 is 1.22 bits per heavy atom. The van der Waals surface area contributed by atoms with Crippen LogP contribution < -0.4 is 10.2 Å². The van der Waals surface area contributed by atoms with Crippen molar-refractivity contribution in [2.24, 2.45) is 0 Å². The average Bonchev–Trinajstić information content (AvgIpc) is 2.99. The molecule has 2 aromatic carbocycles. The number of quaternary nitrogens is 1. The van der Waals surface area contributed by atoms with Gasteiger partial charge in [-0.2, -0.15) is 0 Å². The summed E-state index contributed by atoms with van der Waals surface area (Å²) in [6.07, 6.45) is 0.876. The Kier molecular flexibility index (Phi) is 4.39. The summed E-state index contributed by atoms with van der Waals surface area (Å²) in [5.74, 6) is -1.68. The van der Waals surface area contributed by atoms with Crippen LogP contribution in [-0.2, 0) is 11.2 Å². The summed E-state index contributed by atoms with van der Waals surface area (Å²) >= 11 is 0. The molecule has 120 valence electrons. The standard InChI is InChI=1S/C18H18F2N2O/c1-12(14-6-7-15(19)16(20)10-14)21-11-18(23)22-9-8-13-4-2-3-5-17(13)22/h2-7,10,12,21H,8-9,11H2,1H3/p+1/t12-/m0/s1. The molecule has 0 bridgehead atoms. The van der Waals surface area contributed by atoms with E-state index in [4.69, 9.17) is 0 Å². The van der Waals surface area contributed by atoms with Gasteiger partial charge in [0.2, 0.25) is 0 Å². The van der Waals surface area contributed by atoms with E-state index in [2.05, 4.69) is 0 Å². The van der Waals surface area contributed by atoms with Crippen LogP contribution in [0.5, 0.6) is 0 Å². The van der Waals surface area contributed by atoms with E-state index in [1.807, 2.05) is 36.5 Å². The van der Waals surface area contributed by atoms with Crippen LogP contribution in [0.15, 0.2) is 42.5 Å². The van der Waals surface area contributed by atoms with Gasteiger partial charge < -0.3 is 10.2 Å². The van der Waals surface area contributed by atoms with Crippen LogP contribution in [0.1, 0.15) is 24.1 Å². The number of rotatable bonds is 4. The van der Waals surface area contributed by atoms with Gasteiger partial charge in [-0.15, -0.1) is 0 Å². The third-order valence-electron chi connectivity index (χ3n) is 4.30. The number of benzene rings is 2. The number of nitrogens with zero attached hydrogens (tertiary/aromatic N) is 1. The molecule has 5 heteroatoms. The highest BCUT2D eigenvalue weighted by molar-refractivity contribution is 5.96. The van der Waals surface area contributed by atoms with E-state index in [1.165, 1.54) is 11.6 Å². The van der Waals surface area contributed by atoms with E-state index in [1.54, 1.807) is 11.0 Å². The smallest absolute Gasteiger partial charge is 0.282 e. The van der Waals surface area contributed by atoms with Gasteiger partial charge in [-0.25, -0.2) is 8.78 Å². The highest BCUT2D eigenvalue weighted by Crippen LogP contribution is 2.27. The number of anilines is 1. The number of hydrogen-bond acceptors (Lipinski definition) is 1. The van der Waals surface area contributed by atoms with Gasteiger partial charge in [-0.1, -0.05) is 18.2 Å². The third kappa shape index (κ3) is 3.24. The van der Waals surface area contributed by atoms with E-state index in [0.717, 1.165) is 18.2 Å². The zero-order valence-corrected chi connectivity index (χ0v) is 12.9. The van der Waals surface area contributed by atoms with E-state index >= 15 is 0 Å². The van der Waals surface area contributed by atoms with Crippen molar-refractivity contribution in [2.75, 3.05) is 18.0 Å². The Hall–Kier alpha value is -2.27. The summed E-state index contributed by atoms with van der Waals surface area (Å²) in [5.41, 5.74) is 2.83. The normalized spacial score (nSPS) is 14.7. The number of carbonyl (C=O) groups is 1. The molecule has 0 aromatic heterocycles. The molecule has 23 heavy (non-hydrogen) atoms. The summed E-state index contributed by atoms with van der Waals surface area (Å²) in [6, 6.07) is 11.6. The lowest BCUT2D eigenvalue weighted by Crippen LogP contribution is -2.87. The van der Waals surface area contributed by atoms with Crippen LogP contribution in [-0.4, -0.2) is 19.0 Å². The first kappa shape index (κ1) is 15.6. The Morgan fingerprint density at radius 2 is 2.00 bits per heavy atom. The van der Waals surface area contributed by atoms with Gasteiger partial charge >= 0.3 is 0 Å². The van der Waals surface area contributed by atoms with E-state index < -0.39 is 11.6 Å². The second-order valence-electron chi connectivity index (χ2n) is 5.83. The molecule has 3 nitrogen and oxygen atoms in total. The van der Waals surface area contributed by atoms with E-state index in [-0.39, 0.29) is 18.5 Å². The molecular formula is C18H19F2N2O+. The number of halogens is 2. The molecule has 0 unspecified atom stereocenters. The lowest BCUT2D eigenvalue weighted by molar-refractivity contribution is -0.682. The molecule has 0 aliphatic carbocycles. The van der Waals surface area contributed by atoms with Gasteiger partial charge in [0.05, 0.1) is 0 Å². The third-order valence-corrected chi connectivity index (χ3v) is 4.30. The SMILES string of the molecule is C[C@H]([NH2+]CC(=O)N1CCc2ccccc21)c1ccc(F)c(F)c1. The Morgan fingerprint density at radius 3 is 2.78 bits per heavy atom. The van der Waals surface area contributed by atoms with Gasteiger partial charge in [-0.3, -0.25) is 4.79 Å². The van der Waals surface area contributed by atoms with Crippen LogP contribution in [0.3, 0.4) is 0 Å². The zero-order chi connectivity index (χ0) is 16.4. The van der Waals surface area contributed by atoms with Crippen molar-refractivity contribution in [3.05, 3.63) is 65.2 Å². The minimum absolute atomic E-state index is 0.0318. The Balaban J connectivity index is 1.62. The highest BCUT2D eigenvalue weighted by atomic mass is 19.2. The summed E-state index contributed by atoms with van der Waals surface area (Å²) < 4.78 is 26.3. The molecule has 2 aromatic rings. The molecule has 1 heterocycles. The van der Waals surface area contributed by atoms with Crippen molar-refractivity contribution in [3.63, 3.8) is 0 Å². The molecule has 0 radical (unpaired) electrons. The fourth-order valence-electron chi connectivity index (χ4n) is 2.92. The topological polar surface area (TPSA) is 36.9 Å². The van der Waals surface area contributed by atoms with Gasteiger partial charge in [0.1, 0.15) is 6.04 Å². The molecule has 0 saturated heterocycles. The summed E-state index contributed by atoms with van der Waals surface area (Å²) in [7, 11) is 0. The van der Waals surface area contributed by atoms with Gasteiger partial charge in [-0.05, 0) is 43.2 Å². The molecule has 0 spiro atoms. The van der Waals surface area contributed by atoms with E-state index in [9.17, 15) is 13.6 Å². The van der Waals surface area contributed by atoms with Crippen LogP contribution in [0.25, 0.3) is 0 Å². The maximum absolute atomic E-state index is 13.3. The Labute approximate surface area is 133 Å². The fourth-order valence-corrected chi connectivity index (χ4v) is 2.92. The van der Waals surface area contributed by atoms with Crippen molar-refractivity contribution in [1.82, 2.24) is 0 Å². The number of para-hydroxylation sites is 1. The van der Waals surface area contributed by atoms with Crippen LogP contribution in [0, 0.1) is 11.6 Å². The molecular weight excluding hydrogens is 298 g/mol. The first-order valence-electron chi connectivity index (χ1n) is 7.73. The summed E-state index contributed by atoms with van der Waals surface area (Å²) in [5, 5.41) is 1.84. The molecule has 3 rings (SSSR count). The predicted molar refractivity (Wildman–Crippen MR) is 84.1 cm³/mol. The maximum atomic E-state index is 13.3. The summed E-state index contributed by atoms with van der Waals surface area (Å²) in [4.78, 5) is 14.2. The molecule has 1 aliphatic rings. The maximum Gasteiger partial charge on any atom is 0.282 e. The van der Waals surface area contributed by atoms with Gasteiger partial charge in [0.15, 0.2) is 18.2 Å². The molecule has 1 amide bonds. The first-order valence-corrected chi connectivity index (χ1v) is 7.73. The van der Waals surface area contributed by atoms with Crippen molar-refractivity contribution < 1.29 is 18.9 Å². The molecule has 1 atom stereocenters. The second kappa shape index (κ2) is 6.46. The lowest BCUT2D eigenvalue weighted by atomic mass is 10.1. The number of hydrogen-bond donors (Lipinski definition) is 1. The number of carbonyl (C=O) groups excluding carboxylic acids is 1. The van der Waals surface area contributed by atoms with Gasteiger partial charge in [0, 0.05) is 17.8 Å². The second-order valence-corrected chi connectivity index (χ2v) is 5.83. The molecule has 2 N–H and O–H groups in total. The van der Waals surface area contributed by atoms with Crippen LogP contribution in [0.4, 0.5) is 14.5 Å². The fraction of sp³-hybridized carbons (Fsp3) is 0.278. The minimum atomic E-state index is -0.859. The van der Waals surface area contributed by atoms with E-state index in [0.29, 0.717) is 12.1 Å². The van der Waals surface area contributed by atoms with Crippen molar-refractivity contribution >= 4 is 11.6 Å². The average molecular weight is 317 g/mol. The van der Waals surface area contributed by atoms with Gasteiger partial charge in [0.25, 0.3) is 5.91 Å². The largest absolute Gasteiger partial charge is 0.333 e. The number of amides is 1. The van der Waals surface area contributed by atoms with Crippen LogP contribution >= 0.6 is 0 Å². The summed E-state index contributed by atoms with van der Waals surface area (Å²) in [6.45, 7) is 2.85. The highest BCUT2D eigenvalue weighted by Gasteiger charge is 2.25. The molecule has 0 fully saturated rings. The Bertz CT molecular complexity index is 733. The molecule has 1 aliphatic heterocycles. The lowest BCUT2D eigenvalue weighted by Gasteiger charge is -2.18. The molecule has 0 saturated carbocycles. The predicted octanol–water partition coefficient (Wildman–Crippen LogP) is 2.18. The minimum Gasteiger partial charge on any atom is -0.333 e. The number of fused-ring (bicyclic) bond motifs is 1. The monoisotopic (exact) mass is 317 g/mol. The zero-order valence-electron chi connectivity index (χ0n) is 12.9. The van der Waals surface area contributed by atoms with Crippen molar-refractivity contribution in [1.29, 1.82) is 0 Å². The van der Waals surface area contributed by atoms with Crippen molar-refractivity contribution in [3.8, 4) is 0 Å². The quantitative estimate of drug-likeness (QED) is 0.922. The van der Waals surface area contributed by atoms with Crippen molar-refractivity contribution in [2.45, 2.75) is 19.4 Å². The first-order chi connectivity index (χ1) is 11.1. The van der Waals surface area contributed by atoms with Crippen LogP contribution in [0.2, 0.25) is 0 Å².